The van der Waals surface area contributed by atoms with Crippen LogP contribution >= 0.6 is 0 Å². The maximum atomic E-state index is 11.4. The van der Waals surface area contributed by atoms with Crippen molar-refractivity contribution in [1.82, 2.24) is 5.32 Å². The Labute approximate surface area is 139 Å². The minimum atomic E-state index is -1.30. The Morgan fingerprint density at radius 3 is 2.58 bits per heavy atom. The molecular weight excluding hydrogens is 316 g/mol. The number of nitro groups is 1. The maximum Gasteiger partial charge on any atom is 0.407 e. The van der Waals surface area contributed by atoms with E-state index in [0.717, 1.165) is 0 Å². The Kier molecular flexibility index (Phi) is 6.30. The molecule has 0 radical (unpaired) electrons. The van der Waals surface area contributed by atoms with Crippen molar-refractivity contribution in [3.8, 4) is 11.8 Å². The van der Waals surface area contributed by atoms with Gasteiger partial charge in [0.15, 0.2) is 0 Å². The minimum Gasteiger partial charge on any atom is -0.478 e. The molecule has 128 valence electrons. The molecule has 0 atom stereocenters. The number of carboxylic acid groups (broad SMARTS) is 1. The number of alkyl carbamates (subject to hydrolysis) is 1. The van der Waals surface area contributed by atoms with Crippen LogP contribution in [0.5, 0.6) is 0 Å². The van der Waals surface area contributed by atoms with Gasteiger partial charge >= 0.3 is 12.1 Å². The van der Waals surface area contributed by atoms with Crippen LogP contribution in [0.25, 0.3) is 0 Å². The SMILES string of the molecule is CC(C)(C)OC(=O)NCCC#Cc1c(C(=O)O)cccc1[N+](=O)[O-]. The molecule has 0 aromatic heterocycles. The third kappa shape index (κ3) is 5.96. The third-order valence-electron chi connectivity index (χ3n) is 2.60. The molecule has 2 N–H and O–H groups in total. The molecule has 0 aliphatic rings. The van der Waals surface area contributed by atoms with Crippen molar-refractivity contribution in [3.05, 3.63) is 39.4 Å². The van der Waals surface area contributed by atoms with E-state index < -0.39 is 22.6 Å². The van der Waals surface area contributed by atoms with Crippen LogP contribution in [0.15, 0.2) is 18.2 Å². The lowest BCUT2D eigenvalue weighted by atomic mass is 10.1. The summed E-state index contributed by atoms with van der Waals surface area (Å²) in [5.41, 5.74) is -1.39. The zero-order valence-corrected chi connectivity index (χ0v) is 13.6. The second-order valence-electron chi connectivity index (χ2n) is 5.74. The van der Waals surface area contributed by atoms with Gasteiger partial charge in [-0.1, -0.05) is 17.9 Å². The summed E-state index contributed by atoms with van der Waals surface area (Å²) in [5.74, 6) is 3.83. The number of hydrogen-bond acceptors (Lipinski definition) is 5. The lowest BCUT2D eigenvalue weighted by molar-refractivity contribution is -0.385. The second kappa shape index (κ2) is 7.97. The molecule has 24 heavy (non-hydrogen) atoms. The predicted molar refractivity (Wildman–Crippen MR) is 85.8 cm³/mol. The van der Waals surface area contributed by atoms with Crippen molar-refractivity contribution >= 4 is 17.7 Å². The number of hydrogen-bond donors (Lipinski definition) is 2. The fraction of sp³-hybridized carbons (Fsp3) is 0.375. The standard InChI is InChI=1S/C16H18N2O6/c1-16(2,3)24-15(21)17-10-5-4-7-11-12(14(19)20)8-6-9-13(11)18(22)23/h6,8-9H,5,10H2,1-3H3,(H,17,21)(H,19,20). The van der Waals surface area contributed by atoms with Crippen LogP contribution in [0.4, 0.5) is 10.5 Å². The first-order chi connectivity index (χ1) is 11.1. The minimum absolute atomic E-state index is 0.160. The lowest BCUT2D eigenvalue weighted by Crippen LogP contribution is -2.32. The molecule has 0 heterocycles. The summed E-state index contributed by atoms with van der Waals surface area (Å²) < 4.78 is 5.04. The number of rotatable bonds is 4. The number of nitrogens with one attached hydrogen (secondary N) is 1. The summed E-state index contributed by atoms with van der Waals surface area (Å²) >= 11 is 0. The third-order valence-corrected chi connectivity index (χ3v) is 2.60. The van der Waals surface area contributed by atoms with Gasteiger partial charge in [0.25, 0.3) is 5.69 Å². The molecule has 0 fully saturated rings. The molecule has 1 aromatic carbocycles. The smallest absolute Gasteiger partial charge is 0.407 e. The van der Waals surface area contributed by atoms with E-state index in [0.29, 0.717) is 0 Å². The van der Waals surface area contributed by atoms with Gasteiger partial charge in [0.2, 0.25) is 0 Å². The number of carbonyl (C=O) groups excluding carboxylic acids is 1. The van der Waals surface area contributed by atoms with Gasteiger partial charge in [0, 0.05) is 19.0 Å². The van der Waals surface area contributed by atoms with Gasteiger partial charge in [-0.2, -0.15) is 0 Å². The summed E-state index contributed by atoms with van der Waals surface area (Å²) in [7, 11) is 0. The molecule has 1 amide bonds. The molecule has 0 aliphatic carbocycles. The van der Waals surface area contributed by atoms with E-state index in [4.69, 9.17) is 9.84 Å². The molecule has 8 nitrogen and oxygen atoms in total. The van der Waals surface area contributed by atoms with Gasteiger partial charge in [0.1, 0.15) is 11.2 Å². The predicted octanol–water partition coefficient (Wildman–Crippen LogP) is 2.56. The first kappa shape index (κ1) is 19.0. The molecule has 0 saturated heterocycles. The Hall–Kier alpha value is -3.08. The molecular formula is C16H18N2O6. The Bertz CT molecular complexity index is 677. The molecule has 0 bridgehead atoms. The van der Waals surface area contributed by atoms with E-state index in [1.165, 1.54) is 18.2 Å². The van der Waals surface area contributed by atoms with Gasteiger partial charge in [-0.3, -0.25) is 10.1 Å². The maximum absolute atomic E-state index is 11.4. The quantitative estimate of drug-likeness (QED) is 0.378. The van der Waals surface area contributed by atoms with Gasteiger partial charge in [-0.25, -0.2) is 9.59 Å². The summed E-state index contributed by atoms with van der Waals surface area (Å²) in [6.45, 7) is 5.36. The normalized spacial score (nSPS) is 10.3. The van der Waals surface area contributed by atoms with E-state index in [1.807, 2.05) is 0 Å². The molecule has 0 saturated carbocycles. The highest BCUT2D eigenvalue weighted by molar-refractivity contribution is 5.92. The van der Waals surface area contributed by atoms with Crippen molar-refractivity contribution < 1.29 is 24.4 Å². The fourth-order valence-electron chi connectivity index (χ4n) is 1.69. The first-order valence-corrected chi connectivity index (χ1v) is 7.08. The Morgan fingerprint density at radius 2 is 2.04 bits per heavy atom. The van der Waals surface area contributed by atoms with Gasteiger partial charge in [-0.05, 0) is 26.8 Å². The van der Waals surface area contributed by atoms with Crippen molar-refractivity contribution in [1.29, 1.82) is 0 Å². The number of ether oxygens (including phenoxy) is 1. The van der Waals surface area contributed by atoms with Crippen LogP contribution in [0, 0.1) is 22.0 Å². The van der Waals surface area contributed by atoms with E-state index in [-0.39, 0.29) is 29.8 Å². The van der Waals surface area contributed by atoms with Crippen LogP contribution in [-0.4, -0.2) is 34.2 Å². The van der Waals surface area contributed by atoms with Crippen molar-refractivity contribution in [2.75, 3.05) is 6.54 Å². The number of aromatic carboxylic acids is 1. The molecule has 0 aliphatic heterocycles. The number of amides is 1. The zero-order chi connectivity index (χ0) is 18.3. The summed E-state index contributed by atoms with van der Waals surface area (Å²) in [6, 6.07) is 3.73. The van der Waals surface area contributed by atoms with E-state index in [1.54, 1.807) is 20.8 Å². The number of benzene rings is 1. The average Bonchev–Trinajstić information content (AvgIpc) is 2.44. The number of nitrogens with zero attached hydrogens (tertiary/aromatic N) is 1. The van der Waals surface area contributed by atoms with E-state index >= 15 is 0 Å². The highest BCUT2D eigenvalue weighted by Gasteiger charge is 2.19. The van der Waals surface area contributed by atoms with Crippen molar-refractivity contribution in [2.24, 2.45) is 0 Å². The summed E-state index contributed by atoms with van der Waals surface area (Å²) in [6.07, 6.45) is -0.411. The van der Waals surface area contributed by atoms with Crippen LogP contribution in [-0.2, 0) is 4.74 Å². The first-order valence-electron chi connectivity index (χ1n) is 7.08. The highest BCUT2D eigenvalue weighted by Crippen LogP contribution is 2.21. The zero-order valence-electron chi connectivity index (χ0n) is 13.6. The van der Waals surface area contributed by atoms with E-state index in [2.05, 4.69) is 17.2 Å². The van der Waals surface area contributed by atoms with Crippen LogP contribution in [0.1, 0.15) is 43.1 Å². The molecule has 8 heteroatoms. The Morgan fingerprint density at radius 1 is 1.38 bits per heavy atom. The molecule has 0 unspecified atom stereocenters. The topological polar surface area (TPSA) is 119 Å². The van der Waals surface area contributed by atoms with Gasteiger partial charge in [-0.15, -0.1) is 0 Å². The largest absolute Gasteiger partial charge is 0.478 e. The van der Waals surface area contributed by atoms with Crippen LogP contribution in [0.3, 0.4) is 0 Å². The van der Waals surface area contributed by atoms with Crippen molar-refractivity contribution in [2.45, 2.75) is 32.8 Å². The summed E-state index contributed by atoms with van der Waals surface area (Å²) in [4.78, 5) is 32.9. The van der Waals surface area contributed by atoms with Crippen molar-refractivity contribution in [3.63, 3.8) is 0 Å². The average molecular weight is 334 g/mol. The van der Waals surface area contributed by atoms with Crippen LogP contribution < -0.4 is 5.32 Å². The number of nitro benzene ring substituents is 1. The van der Waals surface area contributed by atoms with Crippen LogP contribution in [0.2, 0.25) is 0 Å². The molecule has 1 aromatic rings. The lowest BCUT2D eigenvalue weighted by Gasteiger charge is -2.19. The molecule has 1 rings (SSSR count). The van der Waals surface area contributed by atoms with Gasteiger partial charge < -0.3 is 15.2 Å². The fourth-order valence-corrected chi connectivity index (χ4v) is 1.69. The highest BCUT2D eigenvalue weighted by atomic mass is 16.6. The second-order valence-corrected chi connectivity index (χ2v) is 5.74. The number of carboxylic acids is 1. The number of carbonyl (C=O) groups is 2. The monoisotopic (exact) mass is 334 g/mol. The van der Waals surface area contributed by atoms with E-state index in [9.17, 15) is 19.7 Å². The summed E-state index contributed by atoms with van der Waals surface area (Å²) in [5, 5.41) is 22.6. The van der Waals surface area contributed by atoms with Gasteiger partial charge in [0.05, 0.1) is 10.5 Å². The Balaban J connectivity index is 2.78. The molecule has 0 spiro atoms.